The van der Waals surface area contributed by atoms with Gasteiger partial charge in [0.25, 0.3) is 5.91 Å². The number of carbonyl (C=O) groups excluding carboxylic acids is 1. The van der Waals surface area contributed by atoms with Crippen molar-refractivity contribution in [3.63, 3.8) is 0 Å². The first-order valence-electron chi connectivity index (χ1n) is 14.8. The number of hydrogen-bond donors (Lipinski definition) is 1. The monoisotopic (exact) mass is 540 g/mol. The lowest BCUT2D eigenvalue weighted by atomic mass is 9.85. The number of hydrogen-bond acceptors (Lipinski definition) is 5. The highest BCUT2D eigenvalue weighted by Crippen LogP contribution is 2.35. The third-order valence-corrected chi connectivity index (χ3v) is 8.39. The van der Waals surface area contributed by atoms with Crippen molar-refractivity contribution in [1.82, 2.24) is 14.9 Å². The van der Waals surface area contributed by atoms with E-state index in [0.717, 1.165) is 75.2 Å². The molecule has 2 fully saturated rings. The predicted molar refractivity (Wildman–Crippen MR) is 156 cm³/mol. The summed E-state index contributed by atoms with van der Waals surface area (Å²) in [6.45, 7) is 2.32. The van der Waals surface area contributed by atoms with Crippen molar-refractivity contribution < 1.29 is 14.7 Å². The number of rotatable bonds is 10. The van der Waals surface area contributed by atoms with Crippen molar-refractivity contribution in [1.29, 1.82) is 0 Å². The highest BCUT2D eigenvalue weighted by Gasteiger charge is 2.29. The molecule has 1 aliphatic carbocycles. The van der Waals surface area contributed by atoms with Gasteiger partial charge in [-0.1, -0.05) is 79.9 Å². The van der Waals surface area contributed by atoms with Crippen LogP contribution in [-0.4, -0.2) is 51.5 Å². The van der Waals surface area contributed by atoms with E-state index < -0.39 is 5.97 Å². The molecule has 0 bridgehead atoms. The molecule has 0 unspecified atom stereocenters. The number of carboxylic acids is 1. The first-order chi connectivity index (χ1) is 19.6. The quantitative estimate of drug-likeness (QED) is 0.334. The average molecular weight is 541 g/mol. The largest absolute Gasteiger partial charge is 0.481 e. The van der Waals surface area contributed by atoms with Crippen LogP contribution in [-0.2, 0) is 17.8 Å². The van der Waals surface area contributed by atoms with Crippen molar-refractivity contribution in [2.24, 2.45) is 5.92 Å². The van der Waals surface area contributed by atoms with Crippen LogP contribution in [0.2, 0.25) is 0 Å². The molecule has 40 heavy (non-hydrogen) atoms. The maximum absolute atomic E-state index is 14.0. The Morgan fingerprint density at radius 2 is 1.52 bits per heavy atom. The third kappa shape index (κ3) is 7.26. The lowest BCUT2D eigenvalue weighted by Crippen LogP contribution is -2.37. The zero-order valence-corrected chi connectivity index (χ0v) is 23.3. The summed E-state index contributed by atoms with van der Waals surface area (Å²) in [4.78, 5) is 39.1. The molecule has 7 nitrogen and oxygen atoms in total. The van der Waals surface area contributed by atoms with Crippen LogP contribution < -0.4 is 4.90 Å². The molecule has 1 amide bonds. The average Bonchev–Trinajstić information content (AvgIpc) is 3.00. The van der Waals surface area contributed by atoms with Gasteiger partial charge in [0.15, 0.2) is 0 Å². The van der Waals surface area contributed by atoms with E-state index in [9.17, 15) is 14.7 Å². The summed E-state index contributed by atoms with van der Waals surface area (Å²) >= 11 is 0. The second-order valence-corrected chi connectivity index (χ2v) is 11.3. The summed E-state index contributed by atoms with van der Waals surface area (Å²) in [5, 5.41) is 9.35. The number of aliphatic carboxylic acids is 1. The minimum Gasteiger partial charge on any atom is -0.481 e. The van der Waals surface area contributed by atoms with Crippen molar-refractivity contribution in [2.75, 3.05) is 24.5 Å². The van der Waals surface area contributed by atoms with Crippen molar-refractivity contribution in [3.05, 3.63) is 89.2 Å². The highest BCUT2D eigenvalue weighted by molar-refractivity contribution is 5.95. The van der Waals surface area contributed by atoms with E-state index in [2.05, 4.69) is 35.2 Å². The molecule has 3 aromatic rings. The Kier molecular flexibility index (Phi) is 9.42. The molecule has 0 radical (unpaired) electrons. The van der Waals surface area contributed by atoms with Gasteiger partial charge in [0.2, 0.25) is 5.95 Å². The van der Waals surface area contributed by atoms with Crippen LogP contribution in [0.1, 0.15) is 84.5 Å². The van der Waals surface area contributed by atoms with Crippen molar-refractivity contribution >= 4 is 17.8 Å². The fourth-order valence-electron chi connectivity index (χ4n) is 6.13. The number of carbonyl (C=O) groups is 2. The molecule has 210 valence electrons. The zero-order chi connectivity index (χ0) is 27.7. The molecular formula is C33H40N4O3. The SMILES string of the molecule is O=C(O)CCN(Cc1ccccc1)C(=O)c1cnc(N2CCC(Cc3ccccc3)CC2)nc1C1CCCCC1. The summed E-state index contributed by atoms with van der Waals surface area (Å²) in [6.07, 6.45) is 10.4. The Morgan fingerprint density at radius 1 is 0.875 bits per heavy atom. The van der Waals surface area contributed by atoms with Gasteiger partial charge in [-0.05, 0) is 49.1 Å². The highest BCUT2D eigenvalue weighted by atomic mass is 16.4. The molecule has 0 atom stereocenters. The van der Waals surface area contributed by atoms with E-state index in [-0.39, 0.29) is 24.8 Å². The summed E-state index contributed by atoms with van der Waals surface area (Å²) < 4.78 is 0. The van der Waals surface area contributed by atoms with Crippen LogP contribution in [0.15, 0.2) is 66.9 Å². The zero-order valence-electron chi connectivity index (χ0n) is 23.3. The number of piperidine rings is 1. The van der Waals surface area contributed by atoms with Gasteiger partial charge in [0.05, 0.1) is 17.7 Å². The lowest BCUT2D eigenvalue weighted by Gasteiger charge is -2.33. The molecule has 0 spiro atoms. The first-order valence-corrected chi connectivity index (χ1v) is 14.8. The molecule has 2 aliphatic rings. The van der Waals surface area contributed by atoms with Gasteiger partial charge >= 0.3 is 5.97 Å². The standard InChI is InChI=1S/C33H40N4O3/c38-30(39)18-21-37(24-27-12-6-2-7-13-27)32(40)29-23-34-33(35-31(29)28-14-8-3-9-15-28)36-19-16-26(17-20-36)22-25-10-4-1-5-11-25/h1-2,4-7,10-13,23,26,28H,3,8-9,14-22,24H2,(H,38,39). The van der Waals surface area contributed by atoms with Crippen LogP contribution in [0.5, 0.6) is 0 Å². The van der Waals surface area contributed by atoms with Gasteiger partial charge in [0, 0.05) is 38.3 Å². The Morgan fingerprint density at radius 3 is 2.17 bits per heavy atom. The van der Waals surface area contributed by atoms with Gasteiger partial charge in [-0.3, -0.25) is 9.59 Å². The summed E-state index contributed by atoms with van der Waals surface area (Å²) in [5.74, 6) is 0.496. The number of nitrogens with zero attached hydrogens (tertiary/aromatic N) is 4. The van der Waals surface area contributed by atoms with Gasteiger partial charge in [0.1, 0.15) is 0 Å². The number of carboxylic acid groups (broad SMARTS) is 1. The Balaban J connectivity index is 1.36. The first kappa shape index (κ1) is 27.8. The number of benzene rings is 2. The van der Waals surface area contributed by atoms with E-state index in [1.165, 1.54) is 12.0 Å². The second-order valence-electron chi connectivity index (χ2n) is 11.3. The van der Waals surface area contributed by atoms with Gasteiger partial charge in [-0.2, -0.15) is 0 Å². The molecule has 1 aliphatic heterocycles. The van der Waals surface area contributed by atoms with Crippen molar-refractivity contribution in [3.8, 4) is 0 Å². The molecule has 1 N–H and O–H groups in total. The van der Waals surface area contributed by atoms with Crippen LogP contribution in [0.25, 0.3) is 0 Å². The minimum absolute atomic E-state index is 0.103. The van der Waals surface area contributed by atoms with E-state index in [1.54, 1.807) is 11.1 Å². The molecular weight excluding hydrogens is 500 g/mol. The number of aromatic nitrogens is 2. The van der Waals surface area contributed by atoms with E-state index in [0.29, 0.717) is 18.0 Å². The normalized spacial score (nSPS) is 16.6. The summed E-state index contributed by atoms with van der Waals surface area (Å²) in [7, 11) is 0. The fourth-order valence-corrected chi connectivity index (χ4v) is 6.13. The topological polar surface area (TPSA) is 86.6 Å². The second kappa shape index (κ2) is 13.6. The van der Waals surface area contributed by atoms with E-state index in [4.69, 9.17) is 9.97 Å². The Bertz CT molecular complexity index is 1250. The van der Waals surface area contributed by atoms with E-state index >= 15 is 0 Å². The van der Waals surface area contributed by atoms with Crippen LogP contribution in [0, 0.1) is 5.92 Å². The van der Waals surface area contributed by atoms with Crippen LogP contribution in [0.3, 0.4) is 0 Å². The molecule has 5 rings (SSSR count). The summed E-state index contributed by atoms with van der Waals surface area (Å²) in [5.41, 5.74) is 3.73. The maximum Gasteiger partial charge on any atom is 0.305 e. The third-order valence-electron chi connectivity index (χ3n) is 8.39. The van der Waals surface area contributed by atoms with Gasteiger partial charge in [-0.15, -0.1) is 0 Å². The molecule has 1 saturated carbocycles. The number of amides is 1. The molecule has 1 saturated heterocycles. The Hall–Kier alpha value is -3.74. The van der Waals surface area contributed by atoms with Crippen molar-refractivity contribution in [2.45, 2.75) is 70.3 Å². The summed E-state index contributed by atoms with van der Waals surface area (Å²) in [6, 6.07) is 20.4. The van der Waals surface area contributed by atoms with Crippen LogP contribution in [0.4, 0.5) is 5.95 Å². The fraction of sp³-hybridized carbons (Fsp3) is 0.455. The smallest absolute Gasteiger partial charge is 0.305 e. The molecule has 2 heterocycles. The molecule has 7 heteroatoms. The Labute approximate surface area is 237 Å². The molecule has 2 aromatic carbocycles. The number of anilines is 1. The van der Waals surface area contributed by atoms with E-state index in [1.807, 2.05) is 30.3 Å². The van der Waals surface area contributed by atoms with Gasteiger partial charge in [-0.25, -0.2) is 9.97 Å². The minimum atomic E-state index is -0.916. The predicted octanol–water partition coefficient (Wildman–Crippen LogP) is 6.10. The van der Waals surface area contributed by atoms with Crippen LogP contribution >= 0.6 is 0 Å². The lowest BCUT2D eigenvalue weighted by molar-refractivity contribution is -0.137. The van der Waals surface area contributed by atoms with Gasteiger partial charge < -0.3 is 14.9 Å². The molecule has 1 aromatic heterocycles. The maximum atomic E-state index is 14.0.